The van der Waals surface area contributed by atoms with Crippen LogP contribution in [0.5, 0.6) is 11.5 Å². The van der Waals surface area contributed by atoms with Crippen LogP contribution in [-0.2, 0) is 29.2 Å². The van der Waals surface area contributed by atoms with Gasteiger partial charge in [0.25, 0.3) is 0 Å². The van der Waals surface area contributed by atoms with Crippen molar-refractivity contribution in [1.29, 1.82) is 0 Å². The van der Waals surface area contributed by atoms with E-state index >= 15 is 0 Å². The normalized spacial score (nSPS) is 27.5. The standard InChI is InChI=1S/C33H34NO7.BrH/c1-34(2)25-16-21(17-26(34)30-29(25)41-30)39-31(36)22(20-10-4-3-5-11-20)18-38-32(37)33(19-35)23-12-6-8-14-27(23)40-28-15-9-7-13-24(28)33;/h3-15,21-22,25-26,29-30,35H,16-19H2,1-2H3;1H/q+1;/p-1/t21?,22?,25?,26?,29-,30+;. The number of fused-ring (bicyclic) bond motifs is 7. The number of aliphatic hydroxyl groups excluding tert-OH is 1. The van der Waals surface area contributed by atoms with Gasteiger partial charge in [-0.3, -0.25) is 9.59 Å². The van der Waals surface area contributed by atoms with E-state index in [4.69, 9.17) is 18.9 Å². The van der Waals surface area contributed by atoms with E-state index in [0.29, 0.717) is 40.3 Å². The van der Waals surface area contributed by atoms with Gasteiger partial charge in [-0.05, 0) is 17.7 Å². The number of quaternary nitrogens is 1. The predicted molar refractivity (Wildman–Crippen MR) is 148 cm³/mol. The lowest BCUT2D eigenvalue weighted by Crippen LogP contribution is -3.00. The van der Waals surface area contributed by atoms with Crippen LogP contribution in [0.3, 0.4) is 0 Å². The van der Waals surface area contributed by atoms with Crippen molar-refractivity contribution in [3.63, 3.8) is 0 Å². The molecule has 8 nitrogen and oxygen atoms in total. The molecule has 0 spiro atoms. The molecule has 4 unspecified atom stereocenters. The van der Waals surface area contributed by atoms with Gasteiger partial charge in [-0.15, -0.1) is 0 Å². The van der Waals surface area contributed by atoms with Crippen LogP contribution in [0.4, 0.5) is 0 Å². The summed E-state index contributed by atoms with van der Waals surface area (Å²) >= 11 is 0. The molecule has 2 bridgehead atoms. The molecular weight excluding hydrogens is 602 g/mol. The minimum absolute atomic E-state index is 0. The van der Waals surface area contributed by atoms with Crippen LogP contribution in [0.2, 0.25) is 0 Å². The quantitative estimate of drug-likeness (QED) is 0.232. The molecule has 42 heavy (non-hydrogen) atoms. The van der Waals surface area contributed by atoms with Crippen molar-refractivity contribution in [1.82, 2.24) is 0 Å². The van der Waals surface area contributed by atoms with E-state index in [1.165, 1.54) is 0 Å². The number of esters is 2. The summed E-state index contributed by atoms with van der Waals surface area (Å²) in [6, 6.07) is 24.1. The van der Waals surface area contributed by atoms with Gasteiger partial charge in [0.2, 0.25) is 0 Å². The summed E-state index contributed by atoms with van der Waals surface area (Å²) < 4.78 is 24.9. The third kappa shape index (κ3) is 4.45. The molecule has 6 atom stereocenters. The zero-order valence-corrected chi connectivity index (χ0v) is 25.1. The monoisotopic (exact) mass is 635 g/mol. The van der Waals surface area contributed by atoms with Crippen molar-refractivity contribution in [3.8, 4) is 11.5 Å². The first-order valence-electron chi connectivity index (χ1n) is 14.2. The van der Waals surface area contributed by atoms with E-state index in [1.807, 2.05) is 42.5 Å². The smallest absolute Gasteiger partial charge is 0.323 e. The Balaban J connectivity index is 0.00000316. The average molecular weight is 637 g/mol. The van der Waals surface area contributed by atoms with Crippen molar-refractivity contribution in [3.05, 3.63) is 95.6 Å². The lowest BCUT2D eigenvalue weighted by Gasteiger charge is -2.45. The number of para-hydroxylation sites is 2. The van der Waals surface area contributed by atoms with Crippen LogP contribution >= 0.6 is 0 Å². The van der Waals surface area contributed by atoms with Crippen LogP contribution in [0.15, 0.2) is 78.9 Å². The molecule has 3 aromatic carbocycles. The van der Waals surface area contributed by atoms with Gasteiger partial charge in [0.15, 0.2) is 0 Å². The molecule has 220 valence electrons. The first-order valence-corrected chi connectivity index (χ1v) is 14.2. The third-order valence-corrected chi connectivity index (χ3v) is 9.69. The Kier molecular flexibility index (Phi) is 7.42. The maximum atomic E-state index is 14.0. The van der Waals surface area contributed by atoms with Crippen molar-refractivity contribution < 1.29 is 55.1 Å². The number of piperidine rings is 1. The SMILES string of the molecule is C[N+]1(C)C2CC(OC(=O)C(COC(=O)C3(CO)c4ccccc4Oc4ccccc43)c3ccccc3)CC1[C@@H]1O[C@H]21.[Br-]. The Morgan fingerprint density at radius 2 is 1.45 bits per heavy atom. The van der Waals surface area contributed by atoms with Crippen LogP contribution in [0, 0.1) is 0 Å². The molecule has 0 saturated carbocycles. The highest BCUT2D eigenvalue weighted by atomic mass is 79.9. The first kappa shape index (κ1) is 28.9. The fourth-order valence-electron chi connectivity index (χ4n) is 7.35. The fraction of sp³-hybridized carbons (Fsp3) is 0.394. The number of morpholine rings is 1. The van der Waals surface area contributed by atoms with Crippen LogP contribution in [0.25, 0.3) is 0 Å². The summed E-state index contributed by atoms with van der Waals surface area (Å²) in [7, 11) is 4.47. The summed E-state index contributed by atoms with van der Waals surface area (Å²) in [5.74, 6) is -0.919. The van der Waals surface area contributed by atoms with E-state index < -0.39 is 29.9 Å². The Bertz CT molecular complexity index is 1430. The number of carbonyl (C=O) groups excluding carboxylic acids is 2. The molecule has 4 heterocycles. The van der Waals surface area contributed by atoms with Crippen molar-refractivity contribution in [2.24, 2.45) is 0 Å². The third-order valence-electron chi connectivity index (χ3n) is 9.69. The number of hydrogen-bond donors (Lipinski definition) is 1. The molecule has 9 heteroatoms. The lowest BCUT2D eigenvalue weighted by atomic mass is 9.73. The van der Waals surface area contributed by atoms with E-state index in [2.05, 4.69) is 14.1 Å². The average Bonchev–Trinajstić information content (AvgIpc) is 3.75. The van der Waals surface area contributed by atoms with Crippen LogP contribution in [0.1, 0.15) is 35.4 Å². The van der Waals surface area contributed by atoms with E-state index in [1.54, 1.807) is 36.4 Å². The molecule has 3 aromatic rings. The van der Waals surface area contributed by atoms with E-state index in [0.717, 1.165) is 17.3 Å². The molecule has 0 aliphatic carbocycles. The molecule has 4 aliphatic rings. The molecule has 4 aliphatic heterocycles. The van der Waals surface area contributed by atoms with Crippen molar-refractivity contribution in [2.75, 3.05) is 27.3 Å². The Morgan fingerprint density at radius 3 is 2.02 bits per heavy atom. The number of nitrogens with zero attached hydrogens (tertiary/aromatic N) is 1. The van der Waals surface area contributed by atoms with Gasteiger partial charge in [-0.2, -0.15) is 0 Å². The molecule has 0 amide bonds. The zero-order chi connectivity index (χ0) is 28.4. The molecular formula is C33H34BrNO7. The van der Waals surface area contributed by atoms with Gasteiger partial charge < -0.3 is 45.5 Å². The number of epoxide rings is 1. The zero-order valence-electron chi connectivity index (χ0n) is 23.5. The van der Waals surface area contributed by atoms with E-state index in [-0.39, 0.29) is 41.9 Å². The predicted octanol–water partition coefficient (Wildman–Crippen LogP) is 0.702. The van der Waals surface area contributed by atoms with Crippen molar-refractivity contribution in [2.45, 2.75) is 54.6 Å². The second-order valence-corrected chi connectivity index (χ2v) is 12.1. The topological polar surface area (TPSA) is 94.6 Å². The van der Waals surface area contributed by atoms with E-state index in [9.17, 15) is 14.7 Å². The van der Waals surface area contributed by atoms with Crippen LogP contribution in [-0.4, -0.2) is 79.2 Å². The van der Waals surface area contributed by atoms with Gasteiger partial charge in [0.05, 0.1) is 20.7 Å². The van der Waals surface area contributed by atoms with Gasteiger partial charge in [0, 0.05) is 24.0 Å². The number of hydrogen-bond acceptors (Lipinski definition) is 7. The van der Waals surface area contributed by atoms with Gasteiger partial charge >= 0.3 is 11.9 Å². The Labute approximate surface area is 255 Å². The molecule has 0 radical (unpaired) electrons. The highest BCUT2D eigenvalue weighted by molar-refractivity contribution is 5.91. The molecule has 7 rings (SSSR count). The van der Waals surface area contributed by atoms with Gasteiger partial charge in [-0.25, -0.2) is 0 Å². The summed E-state index contributed by atoms with van der Waals surface area (Å²) in [6.45, 7) is -0.739. The molecule has 1 N–H and O–H groups in total. The number of halogens is 1. The maximum absolute atomic E-state index is 14.0. The minimum atomic E-state index is -1.50. The Hall–Kier alpha value is -3.24. The summed E-state index contributed by atoms with van der Waals surface area (Å²) in [5, 5.41) is 10.8. The highest BCUT2D eigenvalue weighted by Gasteiger charge is 2.70. The number of rotatable bonds is 7. The second kappa shape index (κ2) is 10.8. The van der Waals surface area contributed by atoms with Gasteiger partial charge in [-0.1, -0.05) is 66.7 Å². The summed E-state index contributed by atoms with van der Waals surface area (Å²) in [6.07, 6.45) is 1.80. The number of aliphatic hydroxyl groups is 1. The maximum Gasteiger partial charge on any atom is 0.323 e. The second-order valence-electron chi connectivity index (χ2n) is 12.1. The number of likely N-dealkylation sites (N-methyl/N-ethyl adjacent to an activating group) is 1. The first-order chi connectivity index (χ1) is 19.8. The summed E-state index contributed by atoms with van der Waals surface area (Å²) in [4.78, 5) is 27.7. The number of benzene rings is 3. The summed E-state index contributed by atoms with van der Waals surface area (Å²) in [5.41, 5.74) is 0.245. The molecule has 3 fully saturated rings. The van der Waals surface area contributed by atoms with Crippen molar-refractivity contribution >= 4 is 11.9 Å². The molecule has 0 aromatic heterocycles. The minimum Gasteiger partial charge on any atom is -1.00 e. The number of ether oxygens (including phenoxy) is 4. The Morgan fingerprint density at radius 1 is 0.905 bits per heavy atom. The van der Waals surface area contributed by atoms with Crippen LogP contribution < -0.4 is 21.7 Å². The number of carbonyl (C=O) groups is 2. The van der Waals surface area contributed by atoms with Gasteiger partial charge in [0.1, 0.15) is 59.8 Å². The highest BCUT2D eigenvalue weighted by Crippen LogP contribution is 2.52. The molecule has 3 saturated heterocycles. The largest absolute Gasteiger partial charge is 1.00 e. The fourth-order valence-corrected chi connectivity index (χ4v) is 7.35. The lowest BCUT2D eigenvalue weighted by molar-refractivity contribution is -0.938.